The summed E-state index contributed by atoms with van der Waals surface area (Å²) < 4.78 is 24.7. The zero-order chi connectivity index (χ0) is 19.0. The normalized spacial score (nSPS) is 12.9. The molecular weight excluding hydrogens is 347 g/mol. The van der Waals surface area contributed by atoms with Crippen LogP contribution in [0.5, 0.6) is 11.5 Å². The molecule has 138 valence electrons. The van der Waals surface area contributed by atoms with E-state index in [-0.39, 0.29) is 11.7 Å². The zero-order valence-corrected chi connectivity index (χ0v) is 15.2. The highest BCUT2D eigenvalue weighted by atomic mass is 19.1. The lowest BCUT2D eigenvalue weighted by Crippen LogP contribution is -2.26. The van der Waals surface area contributed by atoms with Gasteiger partial charge in [0.15, 0.2) is 11.5 Å². The monoisotopic (exact) mass is 366 g/mol. The third-order valence-corrected chi connectivity index (χ3v) is 4.50. The minimum Gasteiger partial charge on any atom is -0.486 e. The summed E-state index contributed by atoms with van der Waals surface area (Å²) in [4.78, 5) is 19.0. The minimum absolute atomic E-state index is 0.146. The van der Waals surface area contributed by atoms with Gasteiger partial charge in [0.25, 0.3) is 5.91 Å². The first kappa shape index (κ1) is 17.3. The van der Waals surface area contributed by atoms with E-state index in [4.69, 9.17) is 9.47 Å². The number of aryl methyl sites for hydroxylation is 1. The fraction of sp³-hybridized carbons (Fsp3) is 0.238. The molecule has 6 heteroatoms. The molecule has 1 aliphatic heterocycles. The smallest absolute Gasteiger partial charge is 0.254 e. The molecule has 1 aliphatic rings. The maximum atomic E-state index is 13.5. The molecule has 0 bridgehead atoms. The highest BCUT2D eigenvalue weighted by Gasteiger charge is 2.18. The van der Waals surface area contributed by atoms with Gasteiger partial charge in [-0.2, -0.15) is 0 Å². The van der Waals surface area contributed by atoms with Crippen molar-refractivity contribution in [1.29, 1.82) is 0 Å². The van der Waals surface area contributed by atoms with Crippen LogP contribution in [0.3, 0.4) is 0 Å². The molecule has 0 spiro atoms. The third-order valence-electron chi connectivity index (χ3n) is 4.50. The summed E-state index contributed by atoms with van der Waals surface area (Å²) in [6, 6.07) is 11.7. The molecule has 0 atom stereocenters. The highest BCUT2D eigenvalue weighted by molar-refractivity contribution is 6.06. The van der Waals surface area contributed by atoms with Crippen LogP contribution < -0.4 is 9.47 Å². The first-order valence-corrected chi connectivity index (χ1v) is 8.72. The molecule has 3 aromatic rings. The Labute approximate surface area is 156 Å². The van der Waals surface area contributed by atoms with Gasteiger partial charge in [0.05, 0.1) is 11.1 Å². The van der Waals surface area contributed by atoms with Gasteiger partial charge in [-0.25, -0.2) is 4.39 Å². The maximum absolute atomic E-state index is 13.5. The van der Waals surface area contributed by atoms with Crippen molar-refractivity contribution >= 4 is 16.8 Å². The van der Waals surface area contributed by atoms with Crippen molar-refractivity contribution in [2.45, 2.75) is 13.5 Å². The predicted octanol–water partition coefficient (Wildman–Crippen LogP) is 3.73. The summed E-state index contributed by atoms with van der Waals surface area (Å²) in [5.74, 6) is 0.896. The molecule has 2 heterocycles. The second-order valence-corrected chi connectivity index (χ2v) is 6.61. The Morgan fingerprint density at radius 2 is 1.89 bits per heavy atom. The molecule has 2 aromatic carbocycles. The van der Waals surface area contributed by atoms with E-state index in [2.05, 4.69) is 4.98 Å². The van der Waals surface area contributed by atoms with Crippen molar-refractivity contribution in [3.8, 4) is 11.5 Å². The topological polar surface area (TPSA) is 51.7 Å². The minimum atomic E-state index is -0.372. The number of amides is 1. The lowest BCUT2D eigenvalue weighted by molar-refractivity contribution is 0.0786. The van der Waals surface area contributed by atoms with E-state index in [1.165, 1.54) is 12.1 Å². The van der Waals surface area contributed by atoms with Crippen molar-refractivity contribution in [2.24, 2.45) is 0 Å². The summed E-state index contributed by atoms with van der Waals surface area (Å²) >= 11 is 0. The van der Waals surface area contributed by atoms with Crippen LogP contribution in [0.2, 0.25) is 0 Å². The first-order chi connectivity index (χ1) is 13.0. The number of rotatable bonds is 3. The van der Waals surface area contributed by atoms with E-state index in [0.717, 1.165) is 11.3 Å². The van der Waals surface area contributed by atoms with E-state index in [9.17, 15) is 9.18 Å². The first-order valence-electron chi connectivity index (χ1n) is 8.72. The molecule has 0 radical (unpaired) electrons. The van der Waals surface area contributed by atoms with Crippen molar-refractivity contribution in [3.05, 3.63) is 65.1 Å². The molecule has 0 unspecified atom stereocenters. The number of carbonyl (C=O) groups excluding carboxylic acids is 1. The molecule has 0 saturated carbocycles. The average Bonchev–Trinajstić information content (AvgIpc) is 2.66. The van der Waals surface area contributed by atoms with Crippen LogP contribution in [0.15, 0.2) is 42.5 Å². The summed E-state index contributed by atoms with van der Waals surface area (Å²) in [6.45, 7) is 3.27. The standard InChI is InChI=1S/C21H19FN2O3/c1-13-9-17(16-5-4-15(22)11-18(16)23-13)21(25)24(2)12-14-3-6-19-20(10-14)27-8-7-26-19/h3-6,9-11H,7-8,12H2,1-2H3. The SMILES string of the molecule is Cc1cc(C(=O)N(C)Cc2ccc3c(c2)OCCO3)c2ccc(F)cc2n1. The fourth-order valence-corrected chi connectivity index (χ4v) is 3.25. The lowest BCUT2D eigenvalue weighted by Gasteiger charge is -2.21. The van der Waals surface area contributed by atoms with E-state index in [1.54, 1.807) is 31.0 Å². The third kappa shape index (κ3) is 3.43. The van der Waals surface area contributed by atoms with E-state index < -0.39 is 0 Å². The Balaban J connectivity index is 1.62. The number of carbonyl (C=O) groups is 1. The molecule has 5 nitrogen and oxygen atoms in total. The molecule has 1 aromatic heterocycles. The van der Waals surface area contributed by atoms with Crippen LogP contribution in [0.4, 0.5) is 4.39 Å². The Morgan fingerprint density at radius 3 is 2.70 bits per heavy atom. The quantitative estimate of drug-likeness (QED) is 0.709. The molecule has 4 rings (SSSR count). The second kappa shape index (κ2) is 6.87. The van der Waals surface area contributed by atoms with Gasteiger partial charge in [-0.3, -0.25) is 9.78 Å². The number of ether oxygens (including phenoxy) is 2. The van der Waals surface area contributed by atoms with Crippen LogP contribution >= 0.6 is 0 Å². The van der Waals surface area contributed by atoms with Gasteiger partial charge in [-0.05, 0) is 42.8 Å². The van der Waals surface area contributed by atoms with Gasteiger partial charge >= 0.3 is 0 Å². The van der Waals surface area contributed by atoms with E-state index in [0.29, 0.717) is 47.7 Å². The number of halogens is 1. The predicted molar refractivity (Wildman–Crippen MR) is 99.7 cm³/mol. The van der Waals surface area contributed by atoms with Gasteiger partial charge in [-0.15, -0.1) is 0 Å². The van der Waals surface area contributed by atoms with Crippen molar-refractivity contribution in [1.82, 2.24) is 9.88 Å². The Bertz CT molecular complexity index is 1030. The Kier molecular flexibility index (Phi) is 4.39. The summed E-state index contributed by atoms with van der Waals surface area (Å²) in [5, 5.41) is 0.640. The highest BCUT2D eigenvalue weighted by Crippen LogP contribution is 2.31. The van der Waals surface area contributed by atoms with Crippen molar-refractivity contribution < 1.29 is 18.7 Å². The molecule has 27 heavy (non-hydrogen) atoms. The van der Waals surface area contributed by atoms with Crippen molar-refractivity contribution in [2.75, 3.05) is 20.3 Å². The van der Waals surface area contributed by atoms with Crippen LogP contribution in [0.1, 0.15) is 21.6 Å². The van der Waals surface area contributed by atoms with Crippen LogP contribution in [-0.2, 0) is 6.54 Å². The number of aromatic nitrogens is 1. The van der Waals surface area contributed by atoms with Gasteiger partial charge < -0.3 is 14.4 Å². The molecule has 0 fully saturated rings. The number of benzene rings is 2. The average molecular weight is 366 g/mol. The van der Waals surface area contributed by atoms with Gasteiger partial charge in [0.1, 0.15) is 19.0 Å². The largest absolute Gasteiger partial charge is 0.486 e. The molecule has 0 saturated heterocycles. The zero-order valence-electron chi connectivity index (χ0n) is 15.2. The van der Waals surface area contributed by atoms with E-state index >= 15 is 0 Å². The summed E-state index contributed by atoms with van der Waals surface area (Å²) in [6.07, 6.45) is 0. The number of pyridine rings is 1. The molecule has 1 amide bonds. The number of nitrogens with zero attached hydrogens (tertiary/aromatic N) is 2. The van der Waals surface area contributed by atoms with Crippen LogP contribution in [-0.4, -0.2) is 36.1 Å². The lowest BCUT2D eigenvalue weighted by atomic mass is 10.1. The molecule has 0 aliphatic carbocycles. The van der Waals surface area contributed by atoms with Gasteiger partial charge in [0.2, 0.25) is 0 Å². The van der Waals surface area contributed by atoms with Gasteiger partial charge in [0, 0.05) is 30.7 Å². The number of hydrogen-bond donors (Lipinski definition) is 0. The number of hydrogen-bond acceptors (Lipinski definition) is 4. The summed E-state index contributed by atoms with van der Waals surface area (Å²) in [7, 11) is 1.74. The fourth-order valence-electron chi connectivity index (χ4n) is 3.25. The van der Waals surface area contributed by atoms with E-state index in [1.807, 2.05) is 18.2 Å². The Morgan fingerprint density at radius 1 is 1.11 bits per heavy atom. The Hall–Kier alpha value is -3.15. The number of fused-ring (bicyclic) bond motifs is 2. The van der Waals surface area contributed by atoms with Crippen molar-refractivity contribution in [3.63, 3.8) is 0 Å². The molecular formula is C21H19FN2O3. The maximum Gasteiger partial charge on any atom is 0.254 e. The second-order valence-electron chi connectivity index (χ2n) is 6.61. The van der Waals surface area contributed by atoms with Gasteiger partial charge in [-0.1, -0.05) is 6.07 Å². The van der Waals surface area contributed by atoms with Crippen LogP contribution in [0.25, 0.3) is 10.9 Å². The van der Waals surface area contributed by atoms with Crippen LogP contribution in [0, 0.1) is 12.7 Å². The molecule has 0 N–H and O–H groups in total. The summed E-state index contributed by atoms with van der Waals surface area (Å²) in [5.41, 5.74) is 2.60.